The number of benzene rings is 2. The molecule has 4 rings (SSSR count). The number of fused-ring (bicyclic) bond motifs is 2. The third-order valence-corrected chi connectivity index (χ3v) is 6.09. The second kappa shape index (κ2) is 6.49. The van der Waals surface area contributed by atoms with Gasteiger partial charge in [-0.25, -0.2) is 9.69 Å². The zero-order valence-electron chi connectivity index (χ0n) is 17.2. The van der Waals surface area contributed by atoms with E-state index in [4.69, 9.17) is 21.1 Å². The molecule has 5 nitrogen and oxygen atoms in total. The fraction of sp³-hybridized carbons (Fsp3) is 0.391. The Labute approximate surface area is 175 Å². The lowest BCUT2D eigenvalue weighted by molar-refractivity contribution is -0.120. The second-order valence-corrected chi connectivity index (χ2v) is 9.13. The predicted octanol–water partition coefficient (Wildman–Crippen LogP) is 5.30. The van der Waals surface area contributed by atoms with Crippen LogP contribution in [-0.2, 0) is 14.9 Å². The molecule has 1 heterocycles. The summed E-state index contributed by atoms with van der Waals surface area (Å²) in [5.74, 6) is 0.512. The number of ether oxygens (including phenoxy) is 2. The van der Waals surface area contributed by atoms with E-state index in [1.54, 1.807) is 40.0 Å². The van der Waals surface area contributed by atoms with Gasteiger partial charge in [0.15, 0.2) is 0 Å². The van der Waals surface area contributed by atoms with Crippen molar-refractivity contribution >= 4 is 29.3 Å². The van der Waals surface area contributed by atoms with Crippen LogP contribution in [0.5, 0.6) is 5.75 Å². The van der Waals surface area contributed by atoms with Crippen molar-refractivity contribution in [2.24, 2.45) is 5.92 Å². The van der Waals surface area contributed by atoms with Crippen molar-refractivity contribution in [2.75, 3.05) is 12.0 Å². The minimum absolute atomic E-state index is 0.0340. The maximum Gasteiger partial charge on any atom is 0.421 e. The molecule has 29 heavy (non-hydrogen) atoms. The van der Waals surface area contributed by atoms with E-state index in [9.17, 15) is 9.59 Å². The molecule has 2 amide bonds. The van der Waals surface area contributed by atoms with E-state index in [0.29, 0.717) is 10.7 Å². The van der Waals surface area contributed by atoms with Gasteiger partial charge in [0.05, 0.1) is 18.2 Å². The first-order valence-electron chi connectivity index (χ1n) is 9.62. The SMILES string of the molecule is COc1ccc([C@@H]2[C@@H](C)[C@]23C(=O)N(C(=O)OC(C)(C)C)c2cc(Cl)ccc23)cc1. The molecule has 1 aliphatic carbocycles. The molecule has 2 aromatic rings. The van der Waals surface area contributed by atoms with Crippen LogP contribution in [0.15, 0.2) is 42.5 Å². The van der Waals surface area contributed by atoms with Crippen molar-refractivity contribution < 1.29 is 19.1 Å². The molecule has 6 heteroatoms. The molecule has 3 atom stereocenters. The van der Waals surface area contributed by atoms with Gasteiger partial charge in [0.2, 0.25) is 5.91 Å². The summed E-state index contributed by atoms with van der Waals surface area (Å²) >= 11 is 6.21. The number of hydrogen-bond donors (Lipinski definition) is 0. The number of carbonyl (C=O) groups excluding carboxylic acids is 2. The van der Waals surface area contributed by atoms with Gasteiger partial charge in [0.1, 0.15) is 11.4 Å². The minimum Gasteiger partial charge on any atom is -0.497 e. The fourth-order valence-corrected chi connectivity index (χ4v) is 4.77. The van der Waals surface area contributed by atoms with Gasteiger partial charge < -0.3 is 9.47 Å². The number of carbonyl (C=O) groups is 2. The highest BCUT2D eigenvalue weighted by atomic mass is 35.5. The lowest BCUT2D eigenvalue weighted by Crippen LogP contribution is -2.41. The van der Waals surface area contributed by atoms with Gasteiger partial charge in [0.25, 0.3) is 0 Å². The van der Waals surface area contributed by atoms with Crippen molar-refractivity contribution in [3.05, 3.63) is 58.6 Å². The summed E-state index contributed by atoms with van der Waals surface area (Å²) < 4.78 is 10.8. The molecule has 0 aromatic heterocycles. The van der Waals surface area contributed by atoms with E-state index in [0.717, 1.165) is 21.8 Å². The quantitative estimate of drug-likeness (QED) is 0.670. The summed E-state index contributed by atoms with van der Waals surface area (Å²) in [6.45, 7) is 7.38. The number of nitrogens with zero attached hydrogens (tertiary/aromatic N) is 1. The van der Waals surface area contributed by atoms with Gasteiger partial charge in [-0.1, -0.05) is 36.7 Å². The molecular weight excluding hydrogens is 390 g/mol. The molecule has 1 spiro atoms. The van der Waals surface area contributed by atoms with Crippen molar-refractivity contribution in [3.8, 4) is 5.75 Å². The lowest BCUT2D eigenvalue weighted by Gasteiger charge is -2.24. The number of rotatable bonds is 2. The Morgan fingerprint density at radius 3 is 2.38 bits per heavy atom. The predicted molar refractivity (Wildman–Crippen MR) is 112 cm³/mol. The van der Waals surface area contributed by atoms with Crippen LogP contribution in [-0.4, -0.2) is 24.7 Å². The van der Waals surface area contributed by atoms with Crippen LogP contribution in [0.25, 0.3) is 0 Å². The van der Waals surface area contributed by atoms with E-state index >= 15 is 0 Å². The van der Waals surface area contributed by atoms with Crippen LogP contribution in [0.2, 0.25) is 5.02 Å². The smallest absolute Gasteiger partial charge is 0.421 e. The molecule has 1 fully saturated rings. The Balaban J connectivity index is 1.79. The van der Waals surface area contributed by atoms with Crippen LogP contribution in [0.3, 0.4) is 0 Å². The van der Waals surface area contributed by atoms with Crippen molar-refractivity contribution in [2.45, 2.75) is 44.6 Å². The maximum absolute atomic E-state index is 13.7. The Kier molecular flexibility index (Phi) is 4.43. The normalized spacial score (nSPS) is 25.2. The summed E-state index contributed by atoms with van der Waals surface area (Å²) in [6, 6.07) is 13.0. The van der Waals surface area contributed by atoms with Gasteiger partial charge >= 0.3 is 6.09 Å². The van der Waals surface area contributed by atoms with Crippen molar-refractivity contribution in [3.63, 3.8) is 0 Å². The van der Waals surface area contributed by atoms with Crippen molar-refractivity contribution in [1.29, 1.82) is 0 Å². The first-order chi connectivity index (χ1) is 13.6. The molecule has 0 unspecified atom stereocenters. The minimum atomic E-state index is -0.786. The summed E-state index contributed by atoms with van der Waals surface area (Å²) in [4.78, 5) is 27.7. The lowest BCUT2D eigenvalue weighted by atomic mass is 9.91. The van der Waals surface area contributed by atoms with Gasteiger partial charge in [-0.15, -0.1) is 0 Å². The van der Waals surface area contributed by atoms with Crippen LogP contribution < -0.4 is 9.64 Å². The number of anilines is 1. The summed E-state index contributed by atoms with van der Waals surface area (Å²) in [5, 5.41) is 0.469. The van der Waals surface area contributed by atoms with Gasteiger partial charge in [-0.05, 0) is 62.1 Å². The highest BCUT2D eigenvalue weighted by Gasteiger charge is 2.73. The van der Waals surface area contributed by atoms with Crippen LogP contribution in [0, 0.1) is 5.92 Å². The van der Waals surface area contributed by atoms with Crippen LogP contribution in [0.1, 0.15) is 44.7 Å². The van der Waals surface area contributed by atoms with Crippen molar-refractivity contribution in [1.82, 2.24) is 0 Å². The average Bonchev–Trinajstić information content (AvgIpc) is 3.17. The third kappa shape index (κ3) is 2.91. The first-order valence-corrected chi connectivity index (χ1v) is 10.0. The number of amides is 2. The maximum atomic E-state index is 13.7. The van der Waals surface area contributed by atoms with Gasteiger partial charge in [-0.3, -0.25) is 4.79 Å². The molecule has 0 N–H and O–H groups in total. The fourth-order valence-electron chi connectivity index (χ4n) is 4.60. The largest absolute Gasteiger partial charge is 0.497 e. The molecule has 1 saturated carbocycles. The molecule has 2 aliphatic rings. The number of methoxy groups -OCH3 is 1. The highest BCUT2D eigenvalue weighted by Crippen LogP contribution is 2.70. The van der Waals surface area contributed by atoms with Gasteiger partial charge in [0, 0.05) is 10.9 Å². The zero-order chi connectivity index (χ0) is 21.1. The first kappa shape index (κ1) is 19.8. The monoisotopic (exact) mass is 413 g/mol. The van der Waals surface area contributed by atoms with Crippen LogP contribution >= 0.6 is 11.6 Å². The molecule has 0 saturated heterocycles. The Morgan fingerprint density at radius 1 is 1.14 bits per heavy atom. The summed E-state index contributed by atoms with van der Waals surface area (Å²) in [5.41, 5.74) is 0.881. The van der Waals surface area contributed by atoms with Crippen LogP contribution in [0.4, 0.5) is 10.5 Å². The number of imide groups is 1. The van der Waals surface area contributed by atoms with E-state index in [2.05, 4.69) is 0 Å². The molecule has 0 bridgehead atoms. The topological polar surface area (TPSA) is 55.8 Å². The Morgan fingerprint density at radius 2 is 1.79 bits per heavy atom. The molecule has 1 aliphatic heterocycles. The molecule has 2 aromatic carbocycles. The Bertz CT molecular complexity index is 995. The highest BCUT2D eigenvalue weighted by molar-refractivity contribution is 6.32. The van der Waals surface area contributed by atoms with E-state index < -0.39 is 17.1 Å². The summed E-state index contributed by atoms with van der Waals surface area (Å²) in [7, 11) is 1.62. The van der Waals surface area contributed by atoms with Gasteiger partial charge in [-0.2, -0.15) is 0 Å². The molecule has 0 radical (unpaired) electrons. The number of hydrogen-bond acceptors (Lipinski definition) is 4. The average molecular weight is 414 g/mol. The third-order valence-electron chi connectivity index (χ3n) is 5.85. The van der Waals surface area contributed by atoms with E-state index in [1.807, 2.05) is 37.3 Å². The second-order valence-electron chi connectivity index (χ2n) is 8.69. The Hall–Kier alpha value is -2.53. The molecule has 152 valence electrons. The standard InChI is InChI=1S/C23H24ClNO4/c1-13-19(14-6-9-16(28-5)10-7-14)23(13)17-11-8-15(24)12-18(17)25(20(23)26)21(27)29-22(2,3)4/h6-13,19H,1-5H3/t13-,19+,23-/m1/s1. The molecular formula is C23H24ClNO4. The van der Waals surface area contributed by atoms with E-state index in [1.165, 1.54) is 0 Å². The summed E-state index contributed by atoms with van der Waals surface area (Å²) in [6.07, 6.45) is -0.671. The number of halogens is 1. The van der Waals surface area contributed by atoms with E-state index in [-0.39, 0.29) is 17.7 Å². The zero-order valence-corrected chi connectivity index (χ0v) is 17.9.